The van der Waals surface area contributed by atoms with Gasteiger partial charge in [0.25, 0.3) is 5.91 Å². The van der Waals surface area contributed by atoms with Crippen molar-refractivity contribution in [1.82, 2.24) is 9.88 Å². The van der Waals surface area contributed by atoms with Gasteiger partial charge in [0.1, 0.15) is 5.69 Å². The molecule has 2 heterocycles. The molecule has 7 heteroatoms. The minimum absolute atomic E-state index is 0.0784. The summed E-state index contributed by atoms with van der Waals surface area (Å²) in [5.41, 5.74) is 0.350. The van der Waals surface area contributed by atoms with Crippen LogP contribution < -0.4 is 0 Å². The molecule has 0 spiro atoms. The van der Waals surface area contributed by atoms with Crippen molar-refractivity contribution in [3.8, 4) is 0 Å². The second-order valence-corrected chi connectivity index (χ2v) is 9.93. The third-order valence-corrected chi connectivity index (χ3v) is 6.76. The number of hydrogen-bond donors (Lipinski definition) is 0. The molecule has 0 bridgehead atoms. The van der Waals surface area contributed by atoms with Crippen molar-refractivity contribution in [2.45, 2.75) is 52.0 Å². The first-order valence-corrected chi connectivity index (χ1v) is 10.3. The highest BCUT2D eigenvalue weighted by atomic mass is 32.2. The summed E-state index contributed by atoms with van der Waals surface area (Å²) >= 11 is 1.49. The predicted molar refractivity (Wildman–Crippen MR) is 89.2 cm³/mol. The van der Waals surface area contributed by atoms with Crippen LogP contribution in [0.2, 0.25) is 0 Å². The highest BCUT2D eigenvalue weighted by Gasteiger charge is 2.35. The van der Waals surface area contributed by atoms with Gasteiger partial charge >= 0.3 is 0 Å². The van der Waals surface area contributed by atoms with Gasteiger partial charge in [-0.2, -0.15) is 0 Å². The maximum absolute atomic E-state index is 12.7. The van der Waals surface area contributed by atoms with Gasteiger partial charge in [-0.3, -0.25) is 4.79 Å². The molecule has 0 saturated carbocycles. The maximum atomic E-state index is 12.7. The molecule has 1 amide bonds. The summed E-state index contributed by atoms with van der Waals surface area (Å²) in [4.78, 5) is 18.9. The Hall–Kier alpha value is -0.950. The van der Waals surface area contributed by atoms with Gasteiger partial charge in [-0.1, -0.05) is 27.7 Å². The van der Waals surface area contributed by atoms with Crippen molar-refractivity contribution < 1.29 is 13.2 Å². The number of thiazole rings is 1. The molecule has 2 rings (SSSR count). The molecular weight excluding hydrogens is 320 g/mol. The lowest BCUT2D eigenvalue weighted by atomic mass is 9.98. The first-order chi connectivity index (χ1) is 10.1. The average molecular weight is 345 g/mol. The van der Waals surface area contributed by atoms with Crippen LogP contribution in [0, 0.1) is 0 Å². The fourth-order valence-corrected chi connectivity index (χ4v) is 5.19. The van der Waals surface area contributed by atoms with E-state index in [0.29, 0.717) is 18.7 Å². The smallest absolute Gasteiger partial charge is 0.273 e. The van der Waals surface area contributed by atoms with Crippen LogP contribution in [0.15, 0.2) is 5.38 Å². The van der Waals surface area contributed by atoms with Crippen LogP contribution in [0.4, 0.5) is 0 Å². The Morgan fingerprint density at radius 2 is 2.14 bits per heavy atom. The molecular formula is C15H24N2O3S2. The lowest BCUT2D eigenvalue weighted by Crippen LogP contribution is -2.41. The zero-order chi connectivity index (χ0) is 16.5. The molecule has 1 atom stereocenters. The normalized spacial score (nSPS) is 21.0. The van der Waals surface area contributed by atoms with E-state index in [4.69, 9.17) is 0 Å². The summed E-state index contributed by atoms with van der Waals surface area (Å²) in [7, 11) is -3.00. The van der Waals surface area contributed by atoms with Gasteiger partial charge in [0, 0.05) is 23.4 Å². The van der Waals surface area contributed by atoms with E-state index < -0.39 is 9.84 Å². The Labute approximate surface area is 136 Å². The van der Waals surface area contributed by atoms with Crippen LogP contribution in [0.1, 0.15) is 56.0 Å². The largest absolute Gasteiger partial charge is 0.333 e. The summed E-state index contributed by atoms with van der Waals surface area (Å²) in [6.45, 7) is 8.75. The third-order valence-electron chi connectivity index (χ3n) is 3.74. The highest BCUT2D eigenvalue weighted by molar-refractivity contribution is 7.91. The number of amides is 1. The quantitative estimate of drug-likeness (QED) is 0.841. The number of carbonyl (C=O) groups excluding carboxylic acids is 1. The summed E-state index contributed by atoms with van der Waals surface area (Å²) in [6, 6.07) is -0.211. The zero-order valence-corrected chi connectivity index (χ0v) is 15.3. The number of aromatic nitrogens is 1. The van der Waals surface area contributed by atoms with Gasteiger partial charge < -0.3 is 4.90 Å². The first kappa shape index (κ1) is 17.4. The lowest BCUT2D eigenvalue weighted by Gasteiger charge is -2.27. The molecule has 1 aromatic rings. The second-order valence-electron chi connectivity index (χ2n) is 6.84. The SMILES string of the molecule is CCCN(C(=O)c1csc(C(C)(C)C)n1)C1CCS(=O)(=O)C1. The Morgan fingerprint density at radius 3 is 2.59 bits per heavy atom. The lowest BCUT2D eigenvalue weighted by molar-refractivity contribution is 0.0691. The van der Waals surface area contributed by atoms with Gasteiger partial charge in [-0.15, -0.1) is 11.3 Å². The Bertz CT molecular complexity index is 644. The summed E-state index contributed by atoms with van der Waals surface area (Å²) < 4.78 is 23.4. The molecule has 1 fully saturated rings. The van der Waals surface area contributed by atoms with Crippen molar-refractivity contribution in [3.05, 3.63) is 16.1 Å². The fourth-order valence-electron chi connectivity index (χ4n) is 2.58. The van der Waals surface area contributed by atoms with Crippen LogP contribution in [0.25, 0.3) is 0 Å². The average Bonchev–Trinajstić information content (AvgIpc) is 3.01. The zero-order valence-electron chi connectivity index (χ0n) is 13.6. The molecule has 124 valence electrons. The van der Waals surface area contributed by atoms with Crippen LogP contribution in [0.5, 0.6) is 0 Å². The summed E-state index contributed by atoms with van der Waals surface area (Å²) in [5.74, 6) is 0.112. The van der Waals surface area contributed by atoms with E-state index in [0.717, 1.165) is 11.4 Å². The van der Waals surface area contributed by atoms with Gasteiger partial charge in [-0.05, 0) is 12.8 Å². The monoisotopic (exact) mass is 344 g/mol. The molecule has 22 heavy (non-hydrogen) atoms. The van der Waals surface area contributed by atoms with E-state index in [1.807, 2.05) is 6.92 Å². The third kappa shape index (κ3) is 3.87. The number of rotatable bonds is 4. The van der Waals surface area contributed by atoms with Crippen molar-refractivity contribution in [3.63, 3.8) is 0 Å². The Balaban J connectivity index is 2.22. The molecule has 1 aliphatic heterocycles. The fraction of sp³-hybridized carbons (Fsp3) is 0.733. The van der Waals surface area contributed by atoms with E-state index in [1.165, 1.54) is 11.3 Å². The Kier molecular flexibility index (Phi) is 4.96. The molecule has 1 aromatic heterocycles. The minimum Gasteiger partial charge on any atom is -0.333 e. The van der Waals surface area contributed by atoms with Gasteiger partial charge in [0.2, 0.25) is 0 Å². The predicted octanol–water partition coefficient (Wildman–Crippen LogP) is 2.48. The number of hydrogen-bond acceptors (Lipinski definition) is 5. The number of sulfone groups is 1. The molecule has 1 saturated heterocycles. The van der Waals surface area contributed by atoms with Gasteiger partial charge in [0.05, 0.1) is 16.5 Å². The highest BCUT2D eigenvalue weighted by Crippen LogP contribution is 2.27. The number of carbonyl (C=O) groups is 1. The van der Waals surface area contributed by atoms with Gasteiger partial charge in [0.15, 0.2) is 9.84 Å². The summed E-state index contributed by atoms with van der Waals surface area (Å²) in [6.07, 6.45) is 1.34. The molecule has 0 N–H and O–H groups in total. The van der Waals surface area contributed by atoms with E-state index in [9.17, 15) is 13.2 Å². The van der Waals surface area contributed by atoms with Crippen LogP contribution in [0.3, 0.4) is 0 Å². The summed E-state index contributed by atoms with van der Waals surface area (Å²) in [5, 5.41) is 2.71. The molecule has 1 aliphatic rings. The van der Waals surface area contributed by atoms with E-state index >= 15 is 0 Å². The van der Waals surface area contributed by atoms with Crippen LogP contribution >= 0.6 is 11.3 Å². The second kappa shape index (κ2) is 6.28. The topological polar surface area (TPSA) is 67.3 Å². The van der Waals surface area contributed by atoms with Crippen molar-refractivity contribution in [2.75, 3.05) is 18.1 Å². The van der Waals surface area contributed by atoms with Crippen molar-refractivity contribution in [2.24, 2.45) is 0 Å². The molecule has 0 radical (unpaired) electrons. The van der Waals surface area contributed by atoms with Crippen LogP contribution in [-0.4, -0.2) is 48.3 Å². The van der Waals surface area contributed by atoms with E-state index in [2.05, 4.69) is 25.8 Å². The van der Waals surface area contributed by atoms with E-state index in [-0.39, 0.29) is 28.9 Å². The molecule has 0 aromatic carbocycles. The van der Waals surface area contributed by atoms with Gasteiger partial charge in [-0.25, -0.2) is 13.4 Å². The standard InChI is InChI=1S/C15H24N2O3S2/c1-5-7-17(11-6-8-22(19,20)10-11)13(18)12-9-21-14(16-12)15(2,3)4/h9,11H,5-8,10H2,1-4H3. The minimum atomic E-state index is -3.00. The van der Waals surface area contributed by atoms with Crippen molar-refractivity contribution in [1.29, 1.82) is 0 Å². The molecule has 5 nitrogen and oxygen atoms in total. The van der Waals surface area contributed by atoms with Crippen molar-refractivity contribution >= 4 is 27.1 Å². The number of nitrogens with zero attached hydrogens (tertiary/aromatic N) is 2. The Morgan fingerprint density at radius 1 is 1.45 bits per heavy atom. The maximum Gasteiger partial charge on any atom is 0.273 e. The molecule has 0 aliphatic carbocycles. The molecule has 1 unspecified atom stereocenters. The van der Waals surface area contributed by atoms with Crippen LogP contribution in [-0.2, 0) is 15.3 Å². The van der Waals surface area contributed by atoms with E-state index in [1.54, 1.807) is 10.3 Å². The first-order valence-electron chi connectivity index (χ1n) is 7.61.